The molecule has 0 radical (unpaired) electrons. The molecule has 4 aromatic carbocycles. The fraction of sp³-hybridized carbons (Fsp3) is 0.0294. The highest BCUT2D eigenvalue weighted by Gasteiger charge is 2.13. The van der Waals surface area contributed by atoms with Crippen LogP contribution >= 0.6 is 0 Å². The molecule has 0 atom stereocenters. The van der Waals surface area contributed by atoms with Gasteiger partial charge in [-0.05, 0) is 36.3 Å². The summed E-state index contributed by atoms with van der Waals surface area (Å²) < 4.78 is 0. The summed E-state index contributed by atoms with van der Waals surface area (Å²) in [7, 11) is 0. The van der Waals surface area contributed by atoms with Crippen molar-refractivity contribution < 1.29 is 0 Å². The van der Waals surface area contributed by atoms with E-state index in [1.165, 1.54) is 10.8 Å². The molecule has 182 valence electrons. The third-order valence-corrected chi connectivity index (χ3v) is 6.50. The molecule has 6 aromatic rings. The van der Waals surface area contributed by atoms with Crippen molar-refractivity contribution in [1.82, 2.24) is 19.9 Å². The van der Waals surface area contributed by atoms with E-state index in [0.717, 1.165) is 33.3 Å². The number of hydrogen-bond acceptors (Lipinski definition) is 3. The summed E-state index contributed by atoms with van der Waals surface area (Å²) in [5.41, 5.74) is 6.93. The highest BCUT2D eigenvalue weighted by atomic mass is 15.0. The molecule has 0 saturated carbocycles. The highest BCUT2D eigenvalue weighted by Crippen LogP contribution is 2.30. The second kappa shape index (κ2) is 10.1. The highest BCUT2D eigenvalue weighted by molar-refractivity contribution is 6.08. The number of allylic oxidation sites excluding steroid dienone is 5. The van der Waals surface area contributed by atoms with Gasteiger partial charge in [-0.3, -0.25) is 0 Å². The van der Waals surface area contributed by atoms with Crippen molar-refractivity contribution in [2.45, 2.75) is 6.92 Å². The average molecular weight is 491 g/mol. The molecule has 0 saturated heterocycles. The van der Waals surface area contributed by atoms with Crippen LogP contribution in [0, 0.1) is 0 Å². The van der Waals surface area contributed by atoms with Crippen molar-refractivity contribution in [2.75, 3.05) is 0 Å². The number of H-pyrrole nitrogens is 1. The average Bonchev–Trinajstić information content (AvgIpc) is 3.35. The van der Waals surface area contributed by atoms with Gasteiger partial charge in [-0.25, -0.2) is 15.0 Å². The summed E-state index contributed by atoms with van der Waals surface area (Å²) >= 11 is 0. The Kier molecular flexibility index (Phi) is 6.20. The number of aromatic amines is 1. The molecular weight excluding hydrogens is 464 g/mol. The van der Waals surface area contributed by atoms with Crippen LogP contribution in [0.5, 0.6) is 0 Å². The fourth-order valence-corrected chi connectivity index (χ4v) is 4.65. The molecule has 4 nitrogen and oxygen atoms in total. The zero-order valence-corrected chi connectivity index (χ0v) is 21.1. The molecular formula is C34H26N4. The van der Waals surface area contributed by atoms with Crippen LogP contribution in [-0.2, 0) is 0 Å². The Labute approximate surface area is 221 Å². The van der Waals surface area contributed by atoms with Crippen LogP contribution in [0.3, 0.4) is 0 Å². The number of benzene rings is 4. The van der Waals surface area contributed by atoms with E-state index in [0.29, 0.717) is 23.0 Å². The first-order valence-electron chi connectivity index (χ1n) is 12.6. The summed E-state index contributed by atoms with van der Waals surface area (Å²) in [4.78, 5) is 18.0. The van der Waals surface area contributed by atoms with Crippen LogP contribution in [0.25, 0.3) is 55.7 Å². The lowest BCUT2D eigenvalue weighted by Crippen LogP contribution is -2.02. The molecule has 1 N–H and O–H groups in total. The lowest BCUT2D eigenvalue weighted by Gasteiger charge is -2.09. The maximum atomic E-state index is 4.82. The summed E-state index contributed by atoms with van der Waals surface area (Å²) in [6.45, 7) is 6.38. The predicted molar refractivity (Wildman–Crippen MR) is 158 cm³/mol. The molecule has 2 aromatic heterocycles. The van der Waals surface area contributed by atoms with Gasteiger partial charge in [0.15, 0.2) is 17.5 Å². The maximum absolute atomic E-state index is 4.82. The number of fused-ring (bicyclic) bond motifs is 3. The van der Waals surface area contributed by atoms with E-state index in [-0.39, 0.29) is 0 Å². The van der Waals surface area contributed by atoms with Crippen LogP contribution in [0.1, 0.15) is 18.3 Å². The van der Waals surface area contributed by atoms with Crippen LogP contribution in [-0.4, -0.2) is 19.9 Å². The molecule has 2 heterocycles. The van der Waals surface area contributed by atoms with Crippen molar-refractivity contribution >= 4 is 33.0 Å². The molecule has 0 fully saturated rings. The molecule has 4 heteroatoms. The van der Waals surface area contributed by atoms with Gasteiger partial charge in [0.05, 0.1) is 0 Å². The molecule has 38 heavy (non-hydrogen) atoms. The van der Waals surface area contributed by atoms with Crippen LogP contribution < -0.4 is 0 Å². The fourth-order valence-electron chi connectivity index (χ4n) is 4.65. The van der Waals surface area contributed by atoms with Crippen LogP contribution in [0.4, 0.5) is 0 Å². The first kappa shape index (κ1) is 23.3. The number of nitrogens with zero attached hydrogens (tertiary/aromatic N) is 3. The van der Waals surface area contributed by atoms with Gasteiger partial charge >= 0.3 is 0 Å². The van der Waals surface area contributed by atoms with E-state index >= 15 is 0 Å². The van der Waals surface area contributed by atoms with Gasteiger partial charge in [0.1, 0.15) is 0 Å². The molecule has 0 bridgehead atoms. The Morgan fingerprint density at radius 2 is 1.29 bits per heavy atom. The SMILES string of the molecule is C=C(/C=C(\C=C/C)c1ccc2c(c1)[nH]c1ccccc12)c1nc(-c2ccccc2)nc(-c2ccccc2)n1. The smallest absolute Gasteiger partial charge is 0.164 e. The molecule has 0 unspecified atom stereocenters. The van der Waals surface area contributed by atoms with Crippen molar-refractivity contribution in [3.05, 3.63) is 139 Å². The second-order valence-corrected chi connectivity index (χ2v) is 9.09. The molecule has 0 aliphatic heterocycles. The lowest BCUT2D eigenvalue weighted by atomic mass is 10.0. The minimum atomic E-state index is 0.548. The molecule has 0 aliphatic carbocycles. The van der Waals surface area contributed by atoms with Crippen molar-refractivity contribution in [3.8, 4) is 22.8 Å². The third-order valence-electron chi connectivity index (χ3n) is 6.50. The second-order valence-electron chi connectivity index (χ2n) is 9.09. The Morgan fingerprint density at radius 1 is 0.684 bits per heavy atom. The first-order valence-corrected chi connectivity index (χ1v) is 12.6. The van der Waals surface area contributed by atoms with E-state index in [1.807, 2.05) is 79.7 Å². The zero-order valence-electron chi connectivity index (χ0n) is 21.1. The predicted octanol–water partition coefficient (Wildman–Crippen LogP) is 8.51. The Balaban J connectivity index is 1.44. The quantitative estimate of drug-likeness (QED) is 0.238. The maximum Gasteiger partial charge on any atom is 0.164 e. The summed E-state index contributed by atoms with van der Waals surface area (Å²) in [6.07, 6.45) is 6.17. The van der Waals surface area contributed by atoms with Gasteiger partial charge in [-0.15, -0.1) is 0 Å². The van der Waals surface area contributed by atoms with E-state index in [9.17, 15) is 0 Å². The summed E-state index contributed by atoms with van der Waals surface area (Å²) in [5.74, 6) is 1.79. The van der Waals surface area contributed by atoms with Gasteiger partial charge in [-0.2, -0.15) is 0 Å². The largest absolute Gasteiger partial charge is 0.354 e. The van der Waals surface area contributed by atoms with Crippen molar-refractivity contribution in [3.63, 3.8) is 0 Å². The van der Waals surface area contributed by atoms with E-state index < -0.39 is 0 Å². The number of rotatable bonds is 6. The number of aromatic nitrogens is 4. The molecule has 0 aliphatic rings. The minimum absolute atomic E-state index is 0.548. The van der Waals surface area contributed by atoms with E-state index in [4.69, 9.17) is 15.0 Å². The summed E-state index contributed by atoms with van der Waals surface area (Å²) in [5, 5.41) is 2.43. The molecule has 0 amide bonds. The Hall–Kier alpha value is -5.09. The standard InChI is InChI=1S/C34H26N4/c1-3-12-26(27-19-20-29-28-17-10-11-18-30(28)35-31(29)22-27)21-23(2)32-36-33(24-13-6-4-7-14-24)38-34(37-32)25-15-8-5-9-16-25/h3-22,35H,2H2,1H3/b12-3-,26-21+. The zero-order chi connectivity index (χ0) is 25.9. The van der Waals surface area contributed by atoms with E-state index in [1.54, 1.807) is 0 Å². The number of hydrogen-bond donors (Lipinski definition) is 1. The topological polar surface area (TPSA) is 54.5 Å². The van der Waals surface area contributed by atoms with Gasteiger partial charge in [0.25, 0.3) is 0 Å². The van der Waals surface area contributed by atoms with Crippen molar-refractivity contribution in [1.29, 1.82) is 0 Å². The molecule has 0 spiro atoms. The Bertz CT molecular complexity index is 1770. The van der Waals surface area contributed by atoms with Gasteiger partial charge < -0.3 is 4.98 Å². The minimum Gasteiger partial charge on any atom is -0.354 e. The number of nitrogens with one attached hydrogen (secondary N) is 1. The normalized spacial score (nSPS) is 12.0. The van der Waals surface area contributed by atoms with Gasteiger partial charge in [-0.1, -0.05) is 110 Å². The van der Waals surface area contributed by atoms with Gasteiger partial charge in [0, 0.05) is 38.5 Å². The lowest BCUT2D eigenvalue weighted by molar-refractivity contribution is 1.04. The molecule has 6 rings (SSSR count). The first-order chi connectivity index (χ1) is 18.7. The number of para-hydroxylation sites is 1. The van der Waals surface area contributed by atoms with Crippen LogP contribution in [0.15, 0.2) is 128 Å². The van der Waals surface area contributed by atoms with Gasteiger partial charge in [0.2, 0.25) is 0 Å². The van der Waals surface area contributed by atoms with E-state index in [2.05, 4.69) is 60.1 Å². The van der Waals surface area contributed by atoms with Crippen LogP contribution in [0.2, 0.25) is 0 Å². The Morgan fingerprint density at radius 3 is 1.95 bits per heavy atom. The third kappa shape index (κ3) is 4.56. The summed E-state index contributed by atoms with van der Waals surface area (Å²) in [6, 6.07) is 34.8. The van der Waals surface area contributed by atoms with Crippen molar-refractivity contribution in [2.24, 2.45) is 0 Å². The monoisotopic (exact) mass is 490 g/mol.